The van der Waals surface area contributed by atoms with Gasteiger partial charge in [0.25, 0.3) is 5.91 Å². The Hall–Kier alpha value is -2.74. The fourth-order valence-electron chi connectivity index (χ4n) is 3.02. The summed E-state index contributed by atoms with van der Waals surface area (Å²) < 4.78 is 6.58. The van der Waals surface area contributed by atoms with E-state index in [1.165, 1.54) is 16.7 Å². The van der Waals surface area contributed by atoms with Crippen molar-refractivity contribution in [3.05, 3.63) is 41.7 Å². The van der Waals surface area contributed by atoms with Gasteiger partial charge < -0.3 is 14.7 Å². The lowest BCUT2D eigenvalue weighted by molar-refractivity contribution is -0.151. The number of nitrogens with zero attached hydrogens (tertiary/aromatic N) is 4. The molecule has 1 atom stereocenters. The second-order valence-electron chi connectivity index (χ2n) is 6.38. The molecular weight excluding hydrogens is 324 g/mol. The van der Waals surface area contributed by atoms with Crippen LogP contribution in [0.2, 0.25) is 0 Å². The molecule has 132 valence electrons. The van der Waals surface area contributed by atoms with E-state index < -0.39 is 11.4 Å². The van der Waals surface area contributed by atoms with Gasteiger partial charge in [-0.3, -0.25) is 9.59 Å². The third-order valence-electron chi connectivity index (χ3n) is 4.53. The Kier molecular flexibility index (Phi) is 4.54. The molecule has 0 bridgehead atoms. The minimum absolute atomic E-state index is 0.0716. The molecule has 1 aromatic heterocycles. The lowest BCUT2D eigenvalue weighted by Crippen LogP contribution is -2.40. The van der Waals surface area contributed by atoms with Crippen LogP contribution < -0.4 is 0 Å². The van der Waals surface area contributed by atoms with Crippen molar-refractivity contribution in [3.8, 4) is 5.69 Å². The van der Waals surface area contributed by atoms with Gasteiger partial charge in [0.15, 0.2) is 5.69 Å². The van der Waals surface area contributed by atoms with Gasteiger partial charge >= 0.3 is 5.97 Å². The first-order chi connectivity index (χ1) is 11.9. The molecule has 1 N–H and O–H groups in total. The normalized spacial score (nSPS) is 20.0. The number of aryl methyl sites for hydroxylation is 1. The SMILES string of the molecule is COCC1(C(=O)O)CCN(C(=O)c2cn(-c3ccc(C)cc3)nn2)C1. The van der Waals surface area contributed by atoms with E-state index in [1.807, 2.05) is 31.2 Å². The highest BCUT2D eigenvalue weighted by molar-refractivity contribution is 5.93. The summed E-state index contributed by atoms with van der Waals surface area (Å²) in [5, 5.41) is 17.4. The summed E-state index contributed by atoms with van der Waals surface area (Å²) >= 11 is 0. The van der Waals surface area contributed by atoms with Crippen LogP contribution in [0.4, 0.5) is 0 Å². The van der Waals surface area contributed by atoms with Crippen molar-refractivity contribution in [2.24, 2.45) is 5.41 Å². The van der Waals surface area contributed by atoms with E-state index in [1.54, 1.807) is 6.20 Å². The van der Waals surface area contributed by atoms with E-state index in [0.29, 0.717) is 13.0 Å². The van der Waals surface area contributed by atoms with E-state index in [0.717, 1.165) is 11.3 Å². The summed E-state index contributed by atoms with van der Waals surface area (Å²) in [6, 6.07) is 7.68. The predicted octanol–water partition coefficient (Wildman–Crippen LogP) is 1.14. The first kappa shape index (κ1) is 17.1. The van der Waals surface area contributed by atoms with Gasteiger partial charge in [-0.1, -0.05) is 22.9 Å². The Morgan fingerprint density at radius 3 is 2.68 bits per heavy atom. The molecule has 3 rings (SSSR count). The highest BCUT2D eigenvalue weighted by Gasteiger charge is 2.46. The Balaban J connectivity index is 1.76. The lowest BCUT2D eigenvalue weighted by Gasteiger charge is -2.23. The van der Waals surface area contributed by atoms with Crippen LogP contribution in [0.1, 0.15) is 22.5 Å². The van der Waals surface area contributed by atoms with Crippen LogP contribution in [0.15, 0.2) is 30.5 Å². The van der Waals surface area contributed by atoms with Crippen molar-refractivity contribution < 1.29 is 19.4 Å². The molecule has 8 nitrogen and oxygen atoms in total. The molecule has 1 aliphatic rings. The number of hydrogen-bond acceptors (Lipinski definition) is 5. The van der Waals surface area contributed by atoms with Crippen molar-refractivity contribution in [2.75, 3.05) is 26.8 Å². The molecule has 1 unspecified atom stereocenters. The van der Waals surface area contributed by atoms with Crippen LogP contribution in [0.25, 0.3) is 5.69 Å². The highest BCUT2D eigenvalue weighted by atomic mass is 16.5. The van der Waals surface area contributed by atoms with Crippen LogP contribution in [0.3, 0.4) is 0 Å². The van der Waals surface area contributed by atoms with Crippen LogP contribution in [0, 0.1) is 12.3 Å². The highest BCUT2D eigenvalue weighted by Crippen LogP contribution is 2.32. The zero-order valence-electron chi connectivity index (χ0n) is 14.2. The van der Waals surface area contributed by atoms with Crippen molar-refractivity contribution in [2.45, 2.75) is 13.3 Å². The number of aromatic nitrogens is 3. The molecule has 2 heterocycles. The number of carbonyl (C=O) groups is 2. The Morgan fingerprint density at radius 2 is 2.04 bits per heavy atom. The van der Waals surface area contributed by atoms with Crippen molar-refractivity contribution in [1.29, 1.82) is 0 Å². The zero-order chi connectivity index (χ0) is 18.0. The number of hydrogen-bond donors (Lipinski definition) is 1. The first-order valence-corrected chi connectivity index (χ1v) is 7.96. The lowest BCUT2D eigenvalue weighted by atomic mass is 9.88. The molecule has 1 fully saturated rings. The van der Waals surface area contributed by atoms with Crippen molar-refractivity contribution in [3.63, 3.8) is 0 Å². The number of carboxylic acids is 1. The second kappa shape index (κ2) is 6.64. The maximum absolute atomic E-state index is 12.6. The smallest absolute Gasteiger partial charge is 0.313 e. The molecule has 0 saturated carbocycles. The number of carbonyl (C=O) groups excluding carboxylic acids is 1. The molecule has 2 aromatic rings. The Bertz CT molecular complexity index is 786. The van der Waals surface area contributed by atoms with Gasteiger partial charge in [-0.25, -0.2) is 4.68 Å². The summed E-state index contributed by atoms with van der Waals surface area (Å²) in [6.45, 7) is 2.52. The molecule has 0 radical (unpaired) electrons. The van der Waals surface area contributed by atoms with Crippen LogP contribution in [-0.4, -0.2) is 63.7 Å². The topological polar surface area (TPSA) is 97.6 Å². The number of benzene rings is 1. The van der Waals surface area contributed by atoms with Gasteiger partial charge in [0.05, 0.1) is 18.5 Å². The Labute approximate surface area is 145 Å². The minimum atomic E-state index is -1.06. The minimum Gasteiger partial charge on any atom is -0.481 e. The van der Waals surface area contributed by atoms with Gasteiger partial charge in [-0.05, 0) is 25.5 Å². The molecule has 1 amide bonds. The summed E-state index contributed by atoms with van der Waals surface area (Å²) in [5.74, 6) is -1.27. The number of aliphatic carboxylic acids is 1. The predicted molar refractivity (Wildman–Crippen MR) is 88.6 cm³/mol. The average Bonchev–Trinajstić information content (AvgIpc) is 3.23. The van der Waals surface area contributed by atoms with E-state index in [-0.39, 0.29) is 24.8 Å². The summed E-state index contributed by atoms with van der Waals surface area (Å²) in [5.41, 5.74) is 1.06. The van der Waals surface area contributed by atoms with Crippen molar-refractivity contribution >= 4 is 11.9 Å². The van der Waals surface area contributed by atoms with E-state index in [9.17, 15) is 14.7 Å². The number of rotatable bonds is 5. The molecule has 0 aliphatic carbocycles. The van der Waals surface area contributed by atoms with Crippen LogP contribution >= 0.6 is 0 Å². The molecular formula is C17H20N4O4. The van der Waals surface area contributed by atoms with Gasteiger partial charge in [0.2, 0.25) is 0 Å². The van der Waals surface area contributed by atoms with E-state index in [4.69, 9.17) is 4.74 Å². The summed E-state index contributed by atoms with van der Waals surface area (Å²) in [4.78, 5) is 25.7. The third-order valence-corrected chi connectivity index (χ3v) is 4.53. The standard InChI is InChI=1S/C17H20N4O4/c1-12-3-5-13(6-4-12)21-9-14(18-19-21)15(22)20-8-7-17(10-20,11-25-2)16(23)24/h3-6,9H,7-8,10-11H2,1-2H3,(H,23,24). The van der Waals surface area contributed by atoms with Crippen molar-refractivity contribution in [1.82, 2.24) is 19.9 Å². The monoisotopic (exact) mass is 344 g/mol. The molecule has 1 aliphatic heterocycles. The second-order valence-corrected chi connectivity index (χ2v) is 6.38. The largest absolute Gasteiger partial charge is 0.481 e. The van der Waals surface area contributed by atoms with E-state index in [2.05, 4.69) is 10.3 Å². The average molecular weight is 344 g/mol. The molecule has 8 heteroatoms. The maximum Gasteiger partial charge on any atom is 0.313 e. The van der Waals surface area contributed by atoms with E-state index >= 15 is 0 Å². The fraction of sp³-hybridized carbons (Fsp3) is 0.412. The first-order valence-electron chi connectivity index (χ1n) is 7.96. The van der Waals surface area contributed by atoms with Gasteiger partial charge in [0.1, 0.15) is 5.41 Å². The third kappa shape index (κ3) is 3.25. The Morgan fingerprint density at radius 1 is 1.32 bits per heavy atom. The maximum atomic E-state index is 12.6. The quantitative estimate of drug-likeness (QED) is 0.873. The van der Waals surface area contributed by atoms with Crippen LogP contribution in [-0.2, 0) is 9.53 Å². The van der Waals surface area contributed by atoms with Gasteiger partial charge in [-0.15, -0.1) is 5.10 Å². The number of ether oxygens (including phenoxy) is 1. The molecule has 1 saturated heterocycles. The number of methoxy groups -OCH3 is 1. The molecule has 1 aromatic carbocycles. The molecule has 0 spiro atoms. The van der Waals surface area contributed by atoms with Gasteiger partial charge in [0, 0.05) is 20.2 Å². The fourth-order valence-corrected chi connectivity index (χ4v) is 3.02. The summed E-state index contributed by atoms with van der Waals surface area (Å²) in [7, 11) is 1.46. The van der Waals surface area contributed by atoms with Crippen LogP contribution in [0.5, 0.6) is 0 Å². The van der Waals surface area contributed by atoms with Gasteiger partial charge in [-0.2, -0.15) is 0 Å². The number of likely N-dealkylation sites (tertiary alicyclic amines) is 1. The zero-order valence-corrected chi connectivity index (χ0v) is 14.2. The number of amides is 1. The molecule has 25 heavy (non-hydrogen) atoms. The number of carboxylic acid groups (broad SMARTS) is 1. The summed E-state index contributed by atoms with van der Waals surface area (Å²) in [6.07, 6.45) is 1.91.